The first kappa shape index (κ1) is 27.3. The Morgan fingerprint density at radius 2 is 1.84 bits per heavy atom. The van der Waals surface area contributed by atoms with Gasteiger partial charge in [-0.25, -0.2) is 0 Å². The second kappa shape index (κ2) is 11.8. The Balaban J connectivity index is 1.19. The van der Waals surface area contributed by atoms with E-state index in [0.29, 0.717) is 49.1 Å². The summed E-state index contributed by atoms with van der Waals surface area (Å²) in [6.45, 7) is 8.75. The van der Waals surface area contributed by atoms with E-state index < -0.39 is 11.7 Å². The molecule has 8 nitrogen and oxygen atoms in total. The van der Waals surface area contributed by atoms with E-state index in [2.05, 4.69) is 53.3 Å². The van der Waals surface area contributed by atoms with Gasteiger partial charge in [0.1, 0.15) is 5.75 Å². The highest BCUT2D eigenvalue weighted by atomic mass is 16.5. The number of hydrogen-bond donors (Lipinski definition) is 5. The molecular formula is C29H39N3O5. The molecule has 5 N–H and O–H groups in total. The molecule has 0 spiro atoms. The molecule has 1 atom stereocenters. The number of aliphatic hydroxyl groups is 2. The summed E-state index contributed by atoms with van der Waals surface area (Å²) in [6.07, 6.45) is 0.444. The number of phenols is 1. The van der Waals surface area contributed by atoms with Crippen molar-refractivity contribution in [1.82, 2.24) is 15.2 Å². The van der Waals surface area contributed by atoms with Gasteiger partial charge in [0.15, 0.2) is 0 Å². The van der Waals surface area contributed by atoms with Gasteiger partial charge >= 0.3 is 0 Å². The number of nitrogens with zero attached hydrogens (tertiary/aromatic N) is 1. The maximum absolute atomic E-state index is 11.6. The molecule has 1 aromatic heterocycles. The van der Waals surface area contributed by atoms with Crippen molar-refractivity contribution in [1.29, 1.82) is 0 Å². The molecule has 1 aliphatic heterocycles. The molecular weight excluding hydrogens is 470 g/mol. The smallest absolute Gasteiger partial charge is 0.248 e. The first-order valence-corrected chi connectivity index (χ1v) is 13.0. The summed E-state index contributed by atoms with van der Waals surface area (Å²) in [5.74, 6) is -0.0389. The number of rotatable bonds is 11. The number of nitrogens with one attached hydrogen (secondary N) is 2. The van der Waals surface area contributed by atoms with Crippen LogP contribution in [0.25, 0.3) is 10.9 Å². The Labute approximate surface area is 217 Å². The van der Waals surface area contributed by atoms with Crippen molar-refractivity contribution in [3.8, 4) is 5.75 Å². The fourth-order valence-electron chi connectivity index (χ4n) is 4.96. The van der Waals surface area contributed by atoms with Gasteiger partial charge in [-0.3, -0.25) is 4.79 Å². The van der Waals surface area contributed by atoms with E-state index in [4.69, 9.17) is 4.74 Å². The predicted molar refractivity (Wildman–Crippen MR) is 145 cm³/mol. The second-order valence-electron chi connectivity index (χ2n) is 10.8. The molecule has 200 valence electrons. The quantitative estimate of drug-likeness (QED) is 0.252. The third-order valence-corrected chi connectivity index (χ3v) is 7.41. The minimum atomic E-state index is -0.852. The van der Waals surface area contributed by atoms with Gasteiger partial charge in [0.25, 0.3) is 0 Å². The largest absolute Gasteiger partial charge is 0.506 e. The van der Waals surface area contributed by atoms with Gasteiger partial charge < -0.3 is 35.3 Å². The molecule has 1 unspecified atom stereocenters. The maximum Gasteiger partial charge on any atom is 0.248 e. The lowest BCUT2D eigenvalue weighted by atomic mass is 9.86. The van der Waals surface area contributed by atoms with Crippen molar-refractivity contribution in [3.63, 3.8) is 0 Å². The van der Waals surface area contributed by atoms with Gasteiger partial charge in [0, 0.05) is 49.6 Å². The van der Waals surface area contributed by atoms with E-state index >= 15 is 0 Å². The van der Waals surface area contributed by atoms with Crippen molar-refractivity contribution in [2.24, 2.45) is 0 Å². The van der Waals surface area contributed by atoms with Gasteiger partial charge in [-0.05, 0) is 36.1 Å². The maximum atomic E-state index is 11.6. The Kier molecular flexibility index (Phi) is 8.67. The van der Waals surface area contributed by atoms with E-state index in [0.717, 1.165) is 19.6 Å². The molecule has 8 heteroatoms. The summed E-state index contributed by atoms with van der Waals surface area (Å²) in [5, 5.41) is 35.6. The monoisotopic (exact) mass is 509 g/mol. The van der Waals surface area contributed by atoms with Crippen molar-refractivity contribution in [3.05, 3.63) is 76.1 Å². The Hall–Kier alpha value is -2.75. The minimum Gasteiger partial charge on any atom is -0.506 e. The molecule has 1 saturated heterocycles. The fraction of sp³-hybridized carbons (Fsp3) is 0.483. The van der Waals surface area contributed by atoms with Crippen molar-refractivity contribution < 1.29 is 20.1 Å². The molecule has 1 fully saturated rings. The highest BCUT2D eigenvalue weighted by molar-refractivity contribution is 5.87. The zero-order chi connectivity index (χ0) is 26.5. The van der Waals surface area contributed by atoms with Crippen LogP contribution in [0.2, 0.25) is 0 Å². The number of aromatic amines is 1. The normalized spacial score (nSPS) is 17.2. The number of hydrogen-bond acceptors (Lipinski definition) is 7. The van der Waals surface area contributed by atoms with Crippen LogP contribution in [0.1, 0.15) is 43.9 Å². The topological polar surface area (TPSA) is 118 Å². The number of phenolic OH excluding ortho intramolecular Hbond substituents is 1. The van der Waals surface area contributed by atoms with Crippen LogP contribution >= 0.6 is 0 Å². The van der Waals surface area contributed by atoms with Crippen LogP contribution < -0.4 is 10.9 Å². The zero-order valence-corrected chi connectivity index (χ0v) is 21.7. The van der Waals surface area contributed by atoms with Crippen LogP contribution in [-0.2, 0) is 10.2 Å². The molecule has 4 rings (SSSR count). The lowest BCUT2D eigenvalue weighted by Gasteiger charge is -2.38. The highest BCUT2D eigenvalue weighted by Gasteiger charge is 2.32. The molecule has 37 heavy (non-hydrogen) atoms. The van der Waals surface area contributed by atoms with Crippen LogP contribution in [0.3, 0.4) is 0 Å². The molecule has 0 amide bonds. The van der Waals surface area contributed by atoms with Crippen LogP contribution in [0.5, 0.6) is 5.75 Å². The van der Waals surface area contributed by atoms with Gasteiger partial charge in [-0.2, -0.15) is 0 Å². The third-order valence-electron chi connectivity index (χ3n) is 7.41. The van der Waals surface area contributed by atoms with Gasteiger partial charge in [0.2, 0.25) is 5.56 Å². The van der Waals surface area contributed by atoms with Gasteiger partial charge in [-0.15, -0.1) is 0 Å². The van der Waals surface area contributed by atoms with Crippen molar-refractivity contribution in [2.45, 2.75) is 43.8 Å². The molecule has 0 bridgehead atoms. The SMILES string of the molecule is CC(C)(COCCN1CCC(O)(CNCC(O)c2ccc(O)c3[nH]c(=O)ccc23)CC1)c1ccccc1. The number of H-pyrrole nitrogens is 1. The molecule has 2 aromatic carbocycles. The van der Waals surface area contributed by atoms with Crippen molar-refractivity contribution >= 4 is 10.9 Å². The van der Waals surface area contributed by atoms with Crippen LogP contribution in [-0.4, -0.2) is 76.7 Å². The van der Waals surface area contributed by atoms with Crippen molar-refractivity contribution in [2.75, 3.05) is 45.9 Å². The lowest BCUT2D eigenvalue weighted by Crippen LogP contribution is -2.50. The fourth-order valence-corrected chi connectivity index (χ4v) is 4.96. The van der Waals surface area contributed by atoms with Crippen LogP contribution in [0.15, 0.2) is 59.4 Å². The number of fused-ring (bicyclic) bond motifs is 1. The van der Waals surface area contributed by atoms with Crippen LogP contribution in [0, 0.1) is 0 Å². The number of aromatic hydroxyl groups is 1. The Morgan fingerprint density at radius 1 is 1.11 bits per heavy atom. The van der Waals surface area contributed by atoms with E-state index in [1.807, 2.05) is 6.07 Å². The average molecular weight is 510 g/mol. The van der Waals surface area contributed by atoms with E-state index in [1.165, 1.54) is 17.7 Å². The number of aromatic nitrogens is 1. The number of pyridine rings is 1. The first-order valence-electron chi connectivity index (χ1n) is 13.0. The molecule has 0 aliphatic carbocycles. The van der Waals surface area contributed by atoms with Crippen LogP contribution in [0.4, 0.5) is 0 Å². The Morgan fingerprint density at radius 3 is 2.57 bits per heavy atom. The summed E-state index contributed by atoms with van der Waals surface area (Å²) in [4.78, 5) is 16.5. The van der Waals surface area contributed by atoms with E-state index in [9.17, 15) is 20.1 Å². The zero-order valence-electron chi connectivity index (χ0n) is 21.7. The number of likely N-dealkylation sites (tertiary alicyclic amines) is 1. The first-order chi connectivity index (χ1) is 17.7. The Bertz CT molecular complexity index is 1220. The number of ether oxygens (including phenoxy) is 1. The predicted octanol–water partition coefficient (Wildman–Crippen LogP) is 2.68. The number of piperidine rings is 1. The molecule has 3 aromatic rings. The summed E-state index contributed by atoms with van der Waals surface area (Å²) >= 11 is 0. The number of benzene rings is 2. The highest BCUT2D eigenvalue weighted by Crippen LogP contribution is 2.29. The minimum absolute atomic E-state index is 0.0384. The van der Waals surface area contributed by atoms with Gasteiger partial charge in [-0.1, -0.05) is 50.2 Å². The summed E-state index contributed by atoms with van der Waals surface area (Å²) in [7, 11) is 0. The summed E-state index contributed by atoms with van der Waals surface area (Å²) in [6, 6.07) is 16.5. The average Bonchev–Trinajstić information content (AvgIpc) is 2.89. The van der Waals surface area contributed by atoms with E-state index in [1.54, 1.807) is 12.1 Å². The molecule has 0 radical (unpaired) electrons. The molecule has 1 aliphatic rings. The third kappa shape index (κ3) is 6.97. The lowest BCUT2D eigenvalue weighted by molar-refractivity contribution is -0.0280. The molecule has 2 heterocycles. The number of aliphatic hydroxyl groups excluding tert-OH is 1. The van der Waals surface area contributed by atoms with Gasteiger partial charge in [0.05, 0.1) is 30.4 Å². The summed E-state index contributed by atoms with van der Waals surface area (Å²) in [5.41, 5.74) is 1.00. The standard InChI is InChI=1S/C29H39N3O5/c1-28(2,21-6-4-3-5-7-21)20-37-17-16-32-14-12-29(36,13-15-32)19-30-18-25(34)22-8-10-24(33)27-23(22)9-11-26(35)31-27/h3-11,25,30,33-34,36H,12-20H2,1-2H3,(H,31,35). The summed E-state index contributed by atoms with van der Waals surface area (Å²) < 4.78 is 6.01. The molecule has 0 saturated carbocycles. The second-order valence-corrected chi connectivity index (χ2v) is 10.8. The van der Waals surface area contributed by atoms with E-state index in [-0.39, 0.29) is 23.3 Å².